The van der Waals surface area contributed by atoms with Crippen LogP contribution in [0.2, 0.25) is 0 Å². The van der Waals surface area contributed by atoms with Crippen LogP contribution in [0.25, 0.3) is 22.3 Å². The summed E-state index contributed by atoms with van der Waals surface area (Å²) >= 11 is 0. The van der Waals surface area contributed by atoms with Crippen molar-refractivity contribution < 1.29 is 8.78 Å². The number of nitrogens with zero attached hydrogens (tertiary/aromatic N) is 3. The van der Waals surface area contributed by atoms with Crippen LogP contribution < -0.4 is 10.6 Å². The van der Waals surface area contributed by atoms with Gasteiger partial charge in [-0.15, -0.1) is 0 Å². The van der Waals surface area contributed by atoms with E-state index < -0.39 is 6.67 Å². The average Bonchev–Trinajstić information content (AvgIpc) is 3.15. The summed E-state index contributed by atoms with van der Waals surface area (Å²) in [5.74, 6) is 1.21. The first-order chi connectivity index (χ1) is 14.2. The number of hydrogen-bond acceptors (Lipinski definition) is 5. The lowest BCUT2D eigenvalue weighted by molar-refractivity contribution is 0.486. The summed E-state index contributed by atoms with van der Waals surface area (Å²) in [6, 6.07) is 11.6. The Labute approximate surface area is 165 Å². The third-order valence-corrected chi connectivity index (χ3v) is 5.10. The SMILES string of the molecule is FCc1ccccc1-c1nc2c(c(Nc3n[nH]c4ccc(F)cc34)n1)CCNC2. The maximum atomic E-state index is 13.7. The molecule has 6 nitrogen and oxygen atoms in total. The molecule has 0 amide bonds. The van der Waals surface area contributed by atoms with Crippen molar-refractivity contribution in [3.05, 3.63) is 65.1 Å². The van der Waals surface area contributed by atoms with Crippen molar-refractivity contribution in [2.24, 2.45) is 0 Å². The quantitative estimate of drug-likeness (QED) is 0.489. The van der Waals surface area contributed by atoms with Gasteiger partial charge in [-0.1, -0.05) is 24.3 Å². The standard InChI is InChI=1S/C21H18F2N6/c22-10-12-3-1-2-4-14(12)19-25-18-11-24-8-7-15(18)20(26-19)27-21-16-9-13(23)5-6-17(16)28-29-21/h1-6,9,24H,7-8,10-11H2,(H2,25,26,27,28,29). The van der Waals surface area contributed by atoms with E-state index in [0.29, 0.717) is 40.5 Å². The first-order valence-electron chi connectivity index (χ1n) is 9.38. The van der Waals surface area contributed by atoms with Gasteiger partial charge < -0.3 is 10.6 Å². The van der Waals surface area contributed by atoms with Gasteiger partial charge in [0.1, 0.15) is 18.3 Å². The number of aromatic nitrogens is 4. The first kappa shape index (κ1) is 17.7. The normalized spacial score (nSPS) is 13.4. The van der Waals surface area contributed by atoms with Gasteiger partial charge in [0.2, 0.25) is 0 Å². The lowest BCUT2D eigenvalue weighted by Crippen LogP contribution is -2.26. The second-order valence-corrected chi connectivity index (χ2v) is 6.93. The number of aromatic amines is 1. The van der Waals surface area contributed by atoms with Crippen LogP contribution in [0.5, 0.6) is 0 Å². The van der Waals surface area contributed by atoms with Gasteiger partial charge in [-0.25, -0.2) is 18.7 Å². The molecule has 5 rings (SSSR count). The molecule has 0 aliphatic carbocycles. The third-order valence-electron chi connectivity index (χ3n) is 5.10. The number of rotatable bonds is 4. The fourth-order valence-electron chi connectivity index (χ4n) is 3.63. The smallest absolute Gasteiger partial charge is 0.162 e. The number of fused-ring (bicyclic) bond motifs is 2. The van der Waals surface area contributed by atoms with Crippen molar-refractivity contribution in [1.29, 1.82) is 0 Å². The first-order valence-corrected chi connectivity index (χ1v) is 9.38. The number of hydrogen-bond donors (Lipinski definition) is 3. The molecule has 8 heteroatoms. The van der Waals surface area contributed by atoms with Crippen LogP contribution in [0.3, 0.4) is 0 Å². The van der Waals surface area contributed by atoms with Crippen molar-refractivity contribution in [3.63, 3.8) is 0 Å². The second-order valence-electron chi connectivity index (χ2n) is 6.93. The zero-order valence-electron chi connectivity index (χ0n) is 15.5. The Balaban J connectivity index is 1.64. The van der Waals surface area contributed by atoms with E-state index >= 15 is 0 Å². The van der Waals surface area contributed by atoms with Crippen LogP contribution in [-0.4, -0.2) is 26.7 Å². The molecular weight excluding hydrogens is 374 g/mol. The van der Waals surface area contributed by atoms with Crippen molar-refractivity contribution in [1.82, 2.24) is 25.5 Å². The highest BCUT2D eigenvalue weighted by Gasteiger charge is 2.20. The molecule has 1 aliphatic heterocycles. The summed E-state index contributed by atoms with van der Waals surface area (Å²) in [4.78, 5) is 9.39. The maximum absolute atomic E-state index is 13.7. The topological polar surface area (TPSA) is 78.5 Å². The van der Waals surface area contributed by atoms with Crippen LogP contribution >= 0.6 is 0 Å². The lowest BCUT2D eigenvalue weighted by atomic mass is 10.0. The molecule has 0 radical (unpaired) electrons. The average molecular weight is 392 g/mol. The highest BCUT2D eigenvalue weighted by atomic mass is 19.1. The number of alkyl halides is 1. The summed E-state index contributed by atoms with van der Waals surface area (Å²) in [6.45, 7) is 0.815. The Bertz CT molecular complexity index is 1200. The van der Waals surface area contributed by atoms with Crippen LogP contribution in [0.1, 0.15) is 16.8 Å². The monoisotopic (exact) mass is 392 g/mol. The minimum absolute atomic E-state index is 0.339. The van der Waals surface area contributed by atoms with E-state index in [1.54, 1.807) is 18.2 Å². The summed E-state index contributed by atoms with van der Waals surface area (Å²) in [7, 11) is 0. The molecule has 0 bridgehead atoms. The molecule has 29 heavy (non-hydrogen) atoms. The molecule has 2 aromatic carbocycles. The Morgan fingerprint density at radius 3 is 2.86 bits per heavy atom. The van der Waals surface area contributed by atoms with E-state index in [9.17, 15) is 8.78 Å². The Morgan fingerprint density at radius 1 is 1.07 bits per heavy atom. The van der Waals surface area contributed by atoms with E-state index in [-0.39, 0.29) is 5.82 Å². The summed E-state index contributed by atoms with van der Waals surface area (Å²) in [5, 5.41) is 14.4. The number of H-pyrrole nitrogens is 1. The molecule has 3 heterocycles. The zero-order chi connectivity index (χ0) is 19.8. The number of nitrogens with one attached hydrogen (secondary N) is 3. The molecule has 0 saturated heterocycles. The molecule has 146 valence electrons. The van der Waals surface area contributed by atoms with Crippen LogP contribution in [0.15, 0.2) is 42.5 Å². The predicted octanol–water partition coefficient (Wildman–Crippen LogP) is 4.02. The molecule has 4 aromatic rings. The van der Waals surface area contributed by atoms with Crippen molar-refractivity contribution in [2.45, 2.75) is 19.6 Å². The van der Waals surface area contributed by atoms with Crippen LogP contribution in [0, 0.1) is 5.82 Å². The van der Waals surface area contributed by atoms with Gasteiger partial charge in [-0.3, -0.25) is 5.10 Å². The van der Waals surface area contributed by atoms with E-state index in [2.05, 4.69) is 20.8 Å². The van der Waals surface area contributed by atoms with Crippen LogP contribution in [-0.2, 0) is 19.6 Å². The van der Waals surface area contributed by atoms with E-state index in [1.807, 2.05) is 12.1 Å². The van der Waals surface area contributed by atoms with Crippen molar-refractivity contribution >= 4 is 22.5 Å². The summed E-state index contributed by atoms with van der Waals surface area (Å²) in [5.41, 5.74) is 3.77. The summed E-state index contributed by atoms with van der Waals surface area (Å²) in [6.07, 6.45) is 0.749. The third kappa shape index (κ3) is 3.21. The molecule has 0 spiro atoms. The Hall–Kier alpha value is -3.39. The van der Waals surface area contributed by atoms with Gasteiger partial charge in [0, 0.05) is 23.1 Å². The van der Waals surface area contributed by atoms with Crippen LogP contribution in [0.4, 0.5) is 20.4 Å². The van der Waals surface area contributed by atoms with Gasteiger partial charge in [-0.05, 0) is 36.7 Å². The number of anilines is 2. The van der Waals surface area contributed by atoms with Gasteiger partial charge in [0.15, 0.2) is 11.6 Å². The molecule has 1 aliphatic rings. The Kier molecular flexibility index (Phi) is 4.40. The fraction of sp³-hybridized carbons (Fsp3) is 0.190. The minimum Gasteiger partial charge on any atom is -0.323 e. The summed E-state index contributed by atoms with van der Waals surface area (Å²) < 4.78 is 27.2. The van der Waals surface area contributed by atoms with E-state index in [4.69, 9.17) is 9.97 Å². The van der Waals surface area contributed by atoms with Crippen molar-refractivity contribution in [3.8, 4) is 11.4 Å². The maximum Gasteiger partial charge on any atom is 0.162 e. The molecule has 3 N–H and O–H groups in total. The van der Waals surface area contributed by atoms with E-state index in [0.717, 1.165) is 29.7 Å². The lowest BCUT2D eigenvalue weighted by Gasteiger charge is -2.20. The van der Waals surface area contributed by atoms with Gasteiger partial charge >= 0.3 is 0 Å². The molecule has 2 aromatic heterocycles. The molecule has 0 fully saturated rings. The Morgan fingerprint density at radius 2 is 1.97 bits per heavy atom. The van der Waals surface area contributed by atoms with E-state index in [1.165, 1.54) is 12.1 Å². The highest BCUT2D eigenvalue weighted by Crippen LogP contribution is 2.31. The van der Waals surface area contributed by atoms with Crippen molar-refractivity contribution in [2.75, 3.05) is 11.9 Å². The second kappa shape index (κ2) is 7.21. The number of halogens is 2. The molecule has 0 unspecified atom stereocenters. The number of benzene rings is 2. The highest BCUT2D eigenvalue weighted by molar-refractivity contribution is 5.91. The fourth-order valence-corrected chi connectivity index (χ4v) is 3.63. The van der Waals surface area contributed by atoms with Gasteiger partial charge in [0.05, 0.1) is 11.2 Å². The zero-order valence-corrected chi connectivity index (χ0v) is 15.5. The molecule has 0 saturated carbocycles. The van der Waals surface area contributed by atoms with Gasteiger partial charge in [-0.2, -0.15) is 5.10 Å². The molecule has 0 atom stereocenters. The largest absolute Gasteiger partial charge is 0.323 e. The molecular formula is C21H18F2N6. The predicted molar refractivity (Wildman–Crippen MR) is 107 cm³/mol. The minimum atomic E-state index is -0.596. The van der Waals surface area contributed by atoms with Gasteiger partial charge in [0.25, 0.3) is 0 Å².